The zero-order valence-corrected chi connectivity index (χ0v) is 9.79. The standard InChI is InChI=1S/C11H17OSi/c1-10(12-13(2,3)4)11-8-6-5-7-9-11/h5-8,10H,1-4H3. The first-order valence-electron chi connectivity index (χ1n) is 4.63. The predicted octanol–water partition coefficient (Wildman–Crippen LogP) is 3.40. The summed E-state index contributed by atoms with van der Waals surface area (Å²) in [5, 5.41) is 0. The molecule has 0 aliphatic carbocycles. The molecule has 0 amide bonds. The van der Waals surface area contributed by atoms with Gasteiger partial charge in [0.05, 0.1) is 6.10 Å². The minimum Gasteiger partial charge on any atom is -0.411 e. The van der Waals surface area contributed by atoms with Crippen molar-refractivity contribution in [3.63, 3.8) is 0 Å². The third-order valence-electron chi connectivity index (χ3n) is 1.70. The van der Waals surface area contributed by atoms with Crippen LogP contribution >= 0.6 is 0 Å². The van der Waals surface area contributed by atoms with Crippen LogP contribution in [-0.4, -0.2) is 8.32 Å². The minimum atomic E-state index is -1.42. The zero-order chi connectivity index (χ0) is 9.90. The summed E-state index contributed by atoms with van der Waals surface area (Å²) < 4.78 is 5.93. The molecule has 0 fully saturated rings. The summed E-state index contributed by atoms with van der Waals surface area (Å²) in [7, 11) is -1.42. The van der Waals surface area contributed by atoms with E-state index >= 15 is 0 Å². The first-order chi connectivity index (χ1) is 5.99. The van der Waals surface area contributed by atoms with Gasteiger partial charge in [-0.1, -0.05) is 24.3 Å². The van der Waals surface area contributed by atoms with E-state index in [0.717, 1.165) is 5.56 Å². The number of hydrogen-bond acceptors (Lipinski definition) is 1. The van der Waals surface area contributed by atoms with Crippen molar-refractivity contribution in [1.82, 2.24) is 0 Å². The molecule has 0 saturated carbocycles. The Kier molecular flexibility index (Phi) is 3.28. The summed E-state index contributed by atoms with van der Waals surface area (Å²) in [6.45, 7) is 8.69. The molecule has 1 unspecified atom stereocenters. The van der Waals surface area contributed by atoms with Gasteiger partial charge in [0.25, 0.3) is 0 Å². The van der Waals surface area contributed by atoms with Gasteiger partial charge in [0.1, 0.15) is 0 Å². The average Bonchev–Trinajstić information content (AvgIpc) is 2.03. The van der Waals surface area contributed by atoms with Crippen molar-refractivity contribution >= 4 is 8.32 Å². The molecule has 0 N–H and O–H groups in total. The first kappa shape index (κ1) is 10.5. The molecular weight excluding hydrogens is 176 g/mol. The zero-order valence-electron chi connectivity index (χ0n) is 8.79. The smallest absolute Gasteiger partial charge is 0.184 e. The van der Waals surface area contributed by atoms with Crippen LogP contribution in [0.2, 0.25) is 19.6 Å². The molecule has 0 heterocycles. The van der Waals surface area contributed by atoms with E-state index in [-0.39, 0.29) is 6.10 Å². The van der Waals surface area contributed by atoms with E-state index in [4.69, 9.17) is 4.43 Å². The van der Waals surface area contributed by atoms with Gasteiger partial charge >= 0.3 is 0 Å². The maximum Gasteiger partial charge on any atom is 0.184 e. The molecule has 71 valence electrons. The lowest BCUT2D eigenvalue weighted by atomic mass is 10.1. The monoisotopic (exact) mass is 193 g/mol. The average molecular weight is 193 g/mol. The highest BCUT2D eigenvalue weighted by molar-refractivity contribution is 6.69. The molecule has 1 rings (SSSR count). The van der Waals surface area contributed by atoms with Crippen molar-refractivity contribution in [3.05, 3.63) is 35.9 Å². The van der Waals surface area contributed by atoms with Gasteiger partial charge in [-0.05, 0) is 38.2 Å². The topological polar surface area (TPSA) is 9.23 Å². The Morgan fingerprint density at radius 1 is 1.31 bits per heavy atom. The fourth-order valence-electron chi connectivity index (χ4n) is 1.25. The van der Waals surface area contributed by atoms with Crippen molar-refractivity contribution in [1.29, 1.82) is 0 Å². The Bertz CT molecular complexity index is 251. The fraction of sp³-hybridized carbons (Fsp3) is 0.455. The van der Waals surface area contributed by atoms with Crippen LogP contribution in [0.15, 0.2) is 24.3 Å². The van der Waals surface area contributed by atoms with Gasteiger partial charge in [-0.2, -0.15) is 0 Å². The van der Waals surface area contributed by atoms with Crippen molar-refractivity contribution < 1.29 is 4.43 Å². The fourth-order valence-corrected chi connectivity index (χ4v) is 2.44. The van der Waals surface area contributed by atoms with Crippen LogP contribution in [0.4, 0.5) is 0 Å². The van der Waals surface area contributed by atoms with Crippen molar-refractivity contribution in [2.24, 2.45) is 0 Å². The minimum absolute atomic E-state index is 0.174. The Morgan fingerprint density at radius 3 is 2.46 bits per heavy atom. The third kappa shape index (κ3) is 3.74. The SMILES string of the molecule is CC(O[Si](C)(C)C)c1[c]cccc1. The van der Waals surface area contributed by atoms with Crippen LogP contribution in [0.1, 0.15) is 18.6 Å². The Labute approximate surface area is 81.9 Å². The van der Waals surface area contributed by atoms with Crippen molar-refractivity contribution in [3.8, 4) is 0 Å². The third-order valence-corrected chi connectivity index (χ3v) is 2.76. The molecule has 0 aromatic heterocycles. The normalized spacial score (nSPS) is 14.2. The summed E-state index contributed by atoms with van der Waals surface area (Å²) in [6, 6.07) is 11.2. The van der Waals surface area contributed by atoms with Crippen LogP contribution in [-0.2, 0) is 4.43 Å². The highest BCUT2D eigenvalue weighted by Gasteiger charge is 2.18. The van der Waals surface area contributed by atoms with Crippen LogP contribution in [0.3, 0.4) is 0 Å². The van der Waals surface area contributed by atoms with Crippen LogP contribution in [0.25, 0.3) is 0 Å². The molecule has 1 aromatic rings. The molecule has 0 saturated heterocycles. The second-order valence-corrected chi connectivity index (χ2v) is 8.65. The van der Waals surface area contributed by atoms with Crippen molar-refractivity contribution in [2.75, 3.05) is 0 Å². The van der Waals surface area contributed by atoms with Gasteiger partial charge < -0.3 is 4.43 Å². The van der Waals surface area contributed by atoms with Gasteiger partial charge in [0.15, 0.2) is 8.32 Å². The van der Waals surface area contributed by atoms with Gasteiger partial charge in [-0.3, -0.25) is 0 Å². The molecule has 0 spiro atoms. The second kappa shape index (κ2) is 4.07. The number of rotatable bonds is 3. The van der Waals surface area contributed by atoms with Crippen LogP contribution in [0, 0.1) is 6.07 Å². The van der Waals surface area contributed by atoms with E-state index in [1.807, 2.05) is 18.2 Å². The van der Waals surface area contributed by atoms with Crippen molar-refractivity contribution in [2.45, 2.75) is 32.7 Å². The summed E-state index contributed by atoms with van der Waals surface area (Å²) in [6.07, 6.45) is 0.174. The molecular formula is C11H17OSi. The predicted molar refractivity (Wildman–Crippen MR) is 58.1 cm³/mol. The van der Waals surface area contributed by atoms with E-state index in [9.17, 15) is 0 Å². The van der Waals surface area contributed by atoms with E-state index in [1.165, 1.54) is 0 Å². The van der Waals surface area contributed by atoms with E-state index in [0.29, 0.717) is 0 Å². The van der Waals surface area contributed by atoms with Gasteiger partial charge in [0, 0.05) is 0 Å². The second-order valence-electron chi connectivity index (χ2n) is 4.19. The first-order valence-corrected chi connectivity index (χ1v) is 8.04. The quantitative estimate of drug-likeness (QED) is 0.669. The van der Waals surface area contributed by atoms with Gasteiger partial charge in [0.2, 0.25) is 0 Å². The molecule has 1 atom stereocenters. The highest BCUT2D eigenvalue weighted by Crippen LogP contribution is 2.20. The maximum atomic E-state index is 5.93. The maximum absolute atomic E-state index is 5.93. The molecule has 1 nitrogen and oxygen atoms in total. The van der Waals surface area contributed by atoms with Gasteiger partial charge in [-0.15, -0.1) is 0 Å². The van der Waals surface area contributed by atoms with Crippen LogP contribution in [0.5, 0.6) is 0 Å². The van der Waals surface area contributed by atoms with Crippen LogP contribution < -0.4 is 0 Å². The van der Waals surface area contributed by atoms with E-state index < -0.39 is 8.32 Å². The van der Waals surface area contributed by atoms with E-state index in [1.54, 1.807) is 0 Å². The summed E-state index contributed by atoms with van der Waals surface area (Å²) in [5.41, 5.74) is 1.14. The molecule has 1 aromatic carbocycles. The Morgan fingerprint density at radius 2 is 2.00 bits per heavy atom. The number of hydrogen-bond donors (Lipinski definition) is 0. The Hall–Kier alpha value is -0.603. The largest absolute Gasteiger partial charge is 0.411 e. The van der Waals surface area contributed by atoms with Gasteiger partial charge in [-0.25, -0.2) is 0 Å². The van der Waals surface area contributed by atoms with E-state index in [2.05, 4.69) is 38.7 Å². The Balaban J connectivity index is 2.64. The lowest BCUT2D eigenvalue weighted by molar-refractivity contribution is 0.219. The molecule has 1 radical (unpaired) electrons. The molecule has 0 bridgehead atoms. The lowest BCUT2D eigenvalue weighted by Crippen LogP contribution is -2.26. The summed E-state index contributed by atoms with van der Waals surface area (Å²) in [4.78, 5) is 0. The number of benzene rings is 1. The molecule has 2 heteroatoms. The molecule has 0 aliphatic heterocycles. The highest BCUT2D eigenvalue weighted by atomic mass is 28.4. The molecule has 0 aliphatic rings. The summed E-state index contributed by atoms with van der Waals surface area (Å²) in [5.74, 6) is 0. The molecule has 13 heavy (non-hydrogen) atoms. The lowest BCUT2D eigenvalue weighted by Gasteiger charge is -2.23. The summed E-state index contributed by atoms with van der Waals surface area (Å²) >= 11 is 0.